The van der Waals surface area contributed by atoms with E-state index in [4.69, 9.17) is 16.7 Å². The number of rotatable bonds is 10. The van der Waals surface area contributed by atoms with Crippen molar-refractivity contribution in [1.29, 1.82) is 0 Å². The number of benzene rings is 3. The number of hydrogen-bond acceptors (Lipinski definition) is 6. The van der Waals surface area contributed by atoms with Crippen LogP contribution < -0.4 is 34.9 Å². The second-order valence-corrected chi connectivity index (χ2v) is 9.90. The van der Waals surface area contributed by atoms with Crippen LogP contribution in [0.3, 0.4) is 0 Å². The first kappa shape index (κ1) is 28.3. The molecule has 176 valence electrons. The van der Waals surface area contributed by atoms with Crippen LogP contribution in [0.5, 0.6) is 5.75 Å². The van der Waals surface area contributed by atoms with Crippen LogP contribution in [0, 0.1) is 0 Å². The first-order valence-electron chi connectivity index (χ1n) is 10.2. The van der Waals surface area contributed by atoms with Gasteiger partial charge in [0.05, 0.1) is 15.9 Å². The molecule has 0 aliphatic heterocycles. The van der Waals surface area contributed by atoms with E-state index in [1.54, 1.807) is 30.3 Å². The number of carboxylic acid groups (broad SMARTS) is 1. The van der Waals surface area contributed by atoms with Crippen molar-refractivity contribution in [3.8, 4) is 5.75 Å². The zero-order chi connectivity index (χ0) is 24.0. The normalized spacial score (nSPS) is 12.1. The summed E-state index contributed by atoms with van der Waals surface area (Å²) < 4.78 is 25.6. The number of halogens is 1. The van der Waals surface area contributed by atoms with Crippen molar-refractivity contribution in [1.82, 2.24) is 5.32 Å². The average molecular weight is 514 g/mol. The molecule has 7 nitrogen and oxygen atoms in total. The predicted molar refractivity (Wildman–Crippen MR) is 126 cm³/mol. The van der Waals surface area contributed by atoms with E-state index in [1.165, 1.54) is 12.1 Å². The van der Waals surface area contributed by atoms with Crippen LogP contribution in [0.15, 0.2) is 76.5 Å². The Kier molecular flexibility index (Phi) is 10.6. The molecule has 0 fully saturated rings. The van der Waals surface area contributed by atoms with Crippen LogP contribution in [0.1, 0.15) is 35.4 Å². The molecule has 4 N–H and O–H groups in total. The van der Waals surface area contributed by atoms with Gasteiger partial charge in [-0.15, -0.1) is 0 Å². The zero-order valence-corrected chi connectivity index (χ0v) is 22.2. The molecular formula is C24H25ClNNaO6S. The van der Waals surface area contributed by atoms with E-state index in [2.05, 4.69) is 5.32 Å². The van der Waals surface area contributed by atoms with Crippen LogP contribution in [-0.4, -0.2) is 42.8 Å². The van der Waals surface area contributed by atoms with E-state index in [0.717, 1.165) is 35.7 Å². The second kappa shape index (κ2) is 12.7. The minimum absolute atomic E-state index is 0. The summed E-state index contributed by atoms with van der Waals surface area (Å²) in [6.45, 7) is 1.07. The summed E-state index contributed by atoms with van der Waals surface area (Å²) >= 11 is 5.94. The van der Waals surface area contributed by atoms with E-state index in [0.29, 0.717) is 24.5 Å². The Labute approximate surface area is 227 Å². The molecule has 0 aromatic heterocycles. The average Bonchev–Trinajstić information content (AvgIpc) is 2.78. The monoisotopic (exact) mass is 513 g/mol. The Morgan fingerprint density at radius 3 is 2.32 bits per heavy atom. The number of phenols is 1. The van der Waals surface area contributed by atoms with E-state index >= 15 is 0 Å². The maximum atomic E-state index is 12.8. The molecule has 0 bridgehead atoms. The quantitative estimate of drug-likeness (QED) is 0.235. The minimum atomic E-state index is -3.89. The van der Waals surface area contributed by atoms with Gasteiger partial charge >= 0.3 is 35.5 Å². The van der Waals surface area contributed by atoms with Gasteiger partial charge in [-0.25, -0.2) is 13.2 Å². The van der Waals surface area contributed by atoms with Gasteiger partial charge < -0.3 is 22.1 Å². The molecular weight excluding hydrogens is 489 g/mol. The molecule has 0 spiro atoms. The Balaban J connectivity index is 0.00000306. The number of aryl methyl sites for hydroxylation is 1. The number of aromatic hydroxyl groups is 1. The molecule has 0 unspecified atom stereocenters. The molecule has 10 heteroatoms. The Morgan fingerprint density at radius 2 is 1.71 bits per heavy atom. The molecule has 3 aromatic carbocycles. The van der Waals surface area contributed by atoms with Gasteiger partial charge in [0.2, 0.25) is 9.84 Å². The topological polar surface area (TPSA) is 124 Å². The maximum absolute atomic E-state index is 12.8. The Bertz CT molecular complexity index is 1240. The number of aliphatic hydroxyl groups is 1. The fraction of sp³-hybridized carbons (Fsp3) is 0.208. The Hall–Kier alpha value is -1.91. The van der Waals surface area contributed by atoms with Crippen molar-refractivity contribution in [2.45, 2.75) is 28.7 Å². The SMILES string of the molecule is O=C(O)c1ccc(S(=O)(=O)c2ccc(CCCNC[C@@H](O)c3cccc(Cl)c3)cc2)cc1O.[H-].[Na+]. The van der Waals surface area contributed by atoms with Crippen LogP contribution in [0.25, 0.3) is 0 Å². The largest absolute Gasteiger partial charge is 1.00 e. The molecule has 0 aliphatic carbocycles. The van der Waals surface area contributed by atoms with Gasteiger partial charge in [-0.1, -0.05) is 35.9 Å². The number of hydrogen-bond donors (Lipinski definition) is 4. The van der Waals surface area contributed by atoms with Crippen LogP contribution >= 0.6 is 11.6 Å². The van der Waals surface area contributed by atoms with Crippen molar-refractivity contribution in [2.24, 2.45) is 0 Å². The fourth-order valence-corrected chi connectivity index (χ4v) is 4.80. The zero-order valence-electron chi connectivity index (χ0n) is 19.6. The van der Waals surface area contributed by atoms with Gasteiger partial charge in [-0.3, -0.25) is 0 Å². The van der Waals surface area contributed by atoms with Crippen LogP contribution in [0.4, 0.5) is 0 Å². The maximum Gasteiger partial charge on any atom is 1.00 e. The summed E-state index contributed by atoms with van der Waals surface area (Å²) in [5.41, 5.74) is 1.34. The number of aromatic carboxylic acids is 1. The minimum Gasteiger partial charge on any atom is -1.00 e. The van der Waals surface area contributed by atoms with Gasteiger partial charge in [0, 0.05) is 11.6 Å². The third-order valence-corrected chi connectivity index (χ3v) is 7.14. The summed E-state index contributed by atoms with van der Waals surface area (Å²) in [6.07, 6.45) is 0.852. The molecule has 0 amide bonds. The number of carbonyl (C=O) groups is 1. The van der Waals surface area contributed by atoms with E-state index in [-0.39, 0.29) is 46.3 Å². The molecule has 3 aromatic rings. The van der Waals surface area contributed by atoms with Gasteiger partial charge in [-0.2, -0.15) is 0 Å². The number of carboxylic acids is 1. The van der Waals surface area contributed by atoms with E-state index < -0.39 is 27.7 Å². The molecule has 34 heavy (non-hydrogen) atoms. The molecule has 0 radical (unpaired) electrons. The summed E-state index contributed by atoms with van der Waals surface area (Å²) in [4.78, 5) is 10.9. The summed E-state index contributed by atoms with van der Waals surface area (Å²) in [6, 6.07) is 16.7. The van der Waals surface area contributed by atoms with Crippen LogP contribution in [0.2, 0.25) is 5.02 Å². The van der Waals surface area contributed by atoms with Crippen molar-refractivity contribution in [2.75, 3.05) is 13.1 Å². The third-order valence-electron chi connectivity index (χ3n) is 5.13. The van der Waals surface area contributed by atoms with E-state index in [1.807, 2.05) is 6.07 Å². The molecule has 0 saturated carbocycles. The molecule has 1 atom stereocenters. The fourth-order valence-electron chi connectivity index (χ4n) is 3.32. The van der Waals surface area contributed by atoms with Crippen molar-refractivity contribution in [3.05, 3.63) is 88.4 Å². The second-order valence-electron chi connectivity index (χ2n) is 7.51. The number of sulfone groups is 1. The molecule has 0 aliphatic rings. The predicted octanol–water partition coefficient (Wildman–Crippen LogP) is 0.949. The van der Waals surface area contributed by atoms with E-state index in [9.17, 15) is 23.4 Å². The third kappa shape index (κ3) is 7.29. The standard InChI is InChI=1S/C24H24ClNO6S.Na.H/c25-18-5-1-4-17(13-18)23(28)15-26-12-2-3-16-6-8-19(9-7-16)33(31,32)20-10-11-21(24(29)30)22(27)14-20;;/h1,4-11,13-14,23,26-28H,2-3,12,15H2,(H,29,30);;/q;+1;-1/t23-;;/m1../s1. The summed E-state index contributed by atoms with van der Waals surface area (Å²) in [5, 5.41) is 32.7. The summed E-state index contributed by atoms with van der Waals surface area (Å²) in [5.74, 6) is -1.94. The van der Waals surface area contributed by atoms with Crippen molar-refractivity contribution < 1.29 is 59.5 Å². The summed E-state index contributed by atoms with van der Waals surface area (Å²) in [7, 11) is -3.89. The van der Waals surface area contributed by atoms with Crippen molar-refractivity contribution in [3.63, 3.8) is 0 Å². The van der Waals surface area contributed by atoms with Gasteiger partial charge in [0.25, 0.3) is 0 Å². The van der Waals surface area contributed by atoms with Gasteiger partial charge in [0.15, 0.2) is 0 Å². The molecule has 0 heterocycles. The van der Waals surface area contributed by atoms with Crippen LogP contribution in [-0.2, 0) is 16.3 Å². The Morgan fingerprint density at radius 1 is 1.03 bits per heavy atom. The smallest absolute Gasteiger partial charge is 1.00 e. The first-order valence-corrected chi connectivity index (χ1v) is 12.1. The van der Waals surface area contributed by atoms with Gasteiger partial charge in [-0.05, 0) is 73.0 Å². The number of aliphatic hydroxyl groups excluding tert-OH is 1. The van der Waals surface area contributed by atoms with Gasteiger partial charge in [0.1, 0.15) is 11.3 Å². The first-order chi connectivity index (χ1) is 15.7. The molecule has 3 rings (SSSR count). The molecule has 0 saturated heterocycles. The van der Waals surface area contributed by atoms with Crippen molar-refractivity contribution >= 4 is 27.4 Å². The number of nitrogens with one attached hydrogen (secondary N) is 1.